The Balaban J connectivity index is 1.65. The van der Waals surface area contributed by atoms with Crippen LogP contribution in [-0.4, -0.2) is 69.6 Å². The molecule has 132 valence electrons. The van der Waals surface area contributed by atoms with Crippen LogP contribution in [0.25, 0.3) is 5.69 Å². The highest BCUT2D eigenvalue weighted by Gasteiger charge is 2.27. The van der Waals surface area contributed by atoms with E-state index < -0.39 is 0 Å². The van der Waals surface area contributed by atoms with Crippen molar-refractivity contribution < 1.29 is 14.3 Å². The molecule has 3 rings (SSSR count). The number of amides is 2. The molecule has 2 heterocycles. The summed E-state index contributed by atoms with van der Waals surface area (Å²) < 4.78 is 6.45. The van der Waals surface area contributed by atoms with Crippen LogP contribution in [0.3, 0.4) is 0 Å². The summed E-state index contributed by atoms with van der Waals surface area (Å²) in [6.45, 7) is 3.82. The number of halogens is 1. The quantitative estimate of drug-likeness (QED) is 0.831. The zero-order valence-electron chi connectivity index (χ0n) is 13.8. The molecular formula is C16H18ClN5O3. The molecule has 1 aliphatic heterocycles. The lowest BCUT2D eigenvalue weighted by atomic mass is 10.3. The highest BCUT2D eigenvalue weighted by Crippen LogP contribution is 2.19. The van der Waals surface area contributed by atoms with E-state index in [0.29, 0.717) is 43.5 Å². The molecule has 0 saturated carbocycles. The molecule has 1 aromatic carbocycles. The highest BCUT2D eigenvalue weighted by molar-refractivity contribution is 6.32. The first kappa shape index (κ1) is 17.2. The average Bonchev–Trinajstić information content (AvgIpc) is 3.11. The van der Waals surface area contributed by atoms with Gasteiger partial charge in [0.1, 0.15) is 0 Å². The minimum atomic E-state index is -0.348. The van der Waals surface area contributed by atoms with Gasteiger partial charge in [-0.15, -0.1) is 5.10 Å². The van der Waals surface area contributed by atoms with E-state index in [9.17, 15) is 9.59 Å². The van der Waals surface area contributed by atoms with E-state index in [-0.39, 0.29) is 17.7 Å². The van der Waals surface area contributed by atoms with Gasteiger partial charge in [0, 0.05) is 26.2 Å². The van der Waals surface area contributed by atoms with Crippen LogP contribution in [0.15, 0.2) is 30.5 Å². The third-order valence-corrected chi connectivity index (χ3v) is 4.22. The number of hydrogen-bond acceptors (Lipinski definition) is 5. The molecule has 1 aromatic heterocycles. The smallest absolute Gasteiger partial charge is 0.409 e. The van der Waals surface area contributed by atoms with Crippen LogP contribution in [0.4, 0.5) is 4.79 Å². The number of benzene rings is 1. The van der Waals surface area contributed by atoms with Gasteiger partial charge in [0.25, 0.3) is 5.91 Å². The van der Waals surface area contributed by atoms with E-state index in [1.807, 2.05) is 12.1 Å². The Hall–Kier alpha value is -2.61. The number of carbonyl (C=O) groups is 2. The van der Waals surface area contributed by atoms with Gasteiger partial charge in [0.15, 0.2) is 5.69 Å². The lowest BCUT2D eigenvalue weighted by Crippen LogP contribution is -2.50. The van der Waals surface area contributed by atoms with Gasteiger partial charge in [-0.1, -0.05) is 28.9 Å². The largest absolute Gasteiger partial charge is 0.450 e. The summed E-state index contributed by atoms with van der Waals surface area (Å²) in [4.78, 5) is 27.5. The second-order valence-electron chi connectivity index (χ2n) is 5.48. The molecule has 0 bridgehead atoms. The van der Waals surface area contributed by atoms with E-state index in [4.69, 9.17) is 16.3 Å². The standard InChI is InChI=1S/C16H18ClN5O3/c1-2-25-16(24)21-9-7-20(8-10-21)15(23)13-11-22(19-18-13)14-6-4-3-5-12(14)17/h3-6,11H,2,7-10H2,1H3. The molecule has 0 atom stereocenters. The summed E-state index contributed by atoms with van der Waals surface area (Å²) >= 11 is 6.13. The molecule has 2 aromatic rings. The van der Waals surface area contributed by atoms with E-state index in [0.717, 1.165) is 0 Å². The molecule has 8 nitrogen and oxygen atoms in total. The number of piperazine rings is 1. The van der Waals surface area contributed by atoms with Gasteiger partial charge in [-0.3, -0.25) is 4.79 Å². The molecule has 0 aliphatic carbocycles. The summed E-state index contributed by atoms with van der Waals surface area (Å²) in [6, 6.07) is 7.19. The predicted octanol–water partition coefficient (Wildman–Crippen LogP) is 1.84. The van der Waals surface area contributed by atoms with Crippen LogP contribution in [-0.2, 0) is 4.74 Å². The molecule has 1 fully saturated rings. The van der Waals surface area contributed by atoms with Crippen molar-refractivity contribution in [3.63, 3.8) is 0 Å². The van der Waals surface area contributed by atoms with Crippen molar-refractivity contribution in [3.05, 3.63) is 41.2 Å². The minimum absolute atomic E-state index is 0.221. The maximum absolute atomic E-state index is 12.6. The van der Waals surface area contributed by atoms with Crippen LogP contribution < -0.4 is 0 Å². The summed E-state index contributed by atoms with van der Waals surface area (Å²) in [5, 5.41) is 8.45. The summed E-state index contributed by atoms with van der Waals surface area (Å²) in [7, 11) is 0. The Labute approximate surface area is 149 Å². The molecular weight excluding hydrogens is 346 g/mol. The number of nitrogens with zero attached hydrogens (tertiary/aromatic N) is 5. The fourth-order valence-corrected chi connectivity index (χ4v) is 2.81. The highest BCUT2D eigenvalue weighted by atomic mass is 35.5. The molecule has 0 spiro atoms. The van der Waals surface area contributed by atoms with Crippen LogP contribution in [0.5, 0.6) is 0 Å². The molecule has 0 unspecified atom stereocenters. The maximum Gasteiger partial charge on any atom is 0.409 e. The van der Waals surface area contributed by atoms with Gasteiger partial charge < -0.3 is 14.5 Å². The van der Waals surface area contributed by atoms with Crippen LogP contribution in [0.1, 0.15) is 17.4 Å². The first-order valence-corrected chi connectivity index (χ1v) is 8.36. The van der Waals surface area contributed by atoms with E-state index in [2.05, 4.69) is 10.3 Å². The number of ether oxygens (including phenoxy) is 1. The van der Waals surface area contributed by atoms with Gasteiger partial charge in [-0.2, -0.15) is 0 Å². The Morgan fingerprint density at radius 2 is 1.84 bits per heavy atom. The molecule has 9 heteroatoms. The van der Waals surface area contributed by atoms with E-state index in [1.165, 1.54) is 4.68 Å². The zero-order valence-corrected chi connectivity index (χ0v) is 14.5. The maximum atomic E-state index is 12.6. The van der Waals surface area contributed by atoms with Gasteiger partial charge in [-0.05, 0) is 19.1 Å². The van der Waals surface area contributed by atoms with Crippen molar-refractivity contribution in [1.82, 2.24) is 24.8 Å². The monoisotopic (exact) mass is 363 g/mol. The van der Waals surface area contributed by atoms with E-state index >= 15 is 0 Å². The second-order valence-corrected chi connectivity index (χ2v) is 5.89. The molecule has 1 saturated heterocycles. The molecule has 0 N–H and O–H groups in total. The average molecular weight is 364 g/mol. The number of aromatic nitrogens is 3. The topological polar surface area (TPSA) is 80.6 Å². The summed E-state index contributed by atoms with van der Waals surface area (Å²) in [5.74, 6) is -0.221. The van der Waals surface area contributed by atoms with Crippen molar-refractivity contribution in [2.24, 2.45) is 0 Å². The minimum Gasteiger partial charge on any atom is -0.450 e. The van der Waals surface area contributed by atoms with Crippen LogP contribution >= 0.6 is 11.6 Å². The predicted molar refractivity (Wildman–Crippen MR) is 90.9 cm³/mol. The van der Waals surface area contributed by atoms with Gasteiger partial charge >= 0.3 is 6.09 Å². The molecule has 2 amide bonds. The van der Waals surface area contributed by atoms with Crippen molar-refractivity contribution in [2.75, 3.05) is 32.8 Å². The van der Waals surface area contributed by atoms with Crippen molar-refractivity contribution in [2.45, 2.75) is 6.92 Å². The SMILES string of the molecule is CCOC(=O)N1CCN(C(=O)c2cn(-c3ccccc3Cl)nn2)CC1. The number of para-hydroxylation sites is 1. The van der Waals surface area contributed by atoms with Crippen molar-refractivity contribution in [1.29, 1.82) is 0 Å². The molecule has 25 heavy (non-hydrogen) atoms. The Bertz CT molecular complexity index is 771. The van der Waals surface area contributed by atoms with Gasteiger partial charge in [-0.25, -0.2) is 9.48 Å². The fraction of sp³-hybridized carbons (Fsp3) is 0.375. The first-order valence-electron chi connectivity index (χ1n) is 7.98. The summed E-state index contributed by atoms with van der Waals surface area (Å²) in [5.41, 5.74) is 0.896. The molecule has 0 radical (unpaired) electrons. The van der Waals surface area contributed by atoms with Crippen molar-refractivity contribution in [3.8, 4) is 5.69 Å². The lowest BCUT2D eigenvalue weighted by Gasteiger charge is -2.33. The zero-order chi connectivity index (χ0) is 17.8. The number of rotatable bonds is 3. The first-order chi connectivity index (χ1) is 12.1. The summed E-state index contributed by atoms with van der Waals surface area (Å²) in [6.07, 6.45) is 1.21. The second kappa shape index (κ2) is 7.52. The van der Waals surface area contributed by atoms with Crippen LogP contribution in [0, 0.1) is 0 Å². The Morgan fingerprint density at radius 3 is 2.52 bits per heavy atom. The van der Waals surface area contributed by atoms with Crippen molar-refractivity contribution >= 4 is 23.6 Å². The normalized spacial score (nSPS) is 14.5. The Kier molecular flexibility index (Phi) is 5.18. The molecule has 1 aliphatic rings. The fourth-order valence-electron chi connectivity index (χ4n) is 2.59. The van der Waals surface area contributed by atoms with E-state index in [1.54, 1.807) is 35.1 Å². The van der Waals surface area contributed by atoms with Gasteiger partial charge in [0.2, 0.25) is 0 Å². The Morgan fingerprint density at radius 1 is 1.16 bits per heavy atom. The van der Waals surface area contributed by atoms with Gasteiger partial charge in [0.05, 0.1) is 23.5 Å². The number of hydrogen-bond donors (Lipinski definition) is 0. The third kappa shape index (κ3) is 3.74. The van der Waals surface area contributed by atoms with Crippen LogP contribution in [0.2, 0.25) is 5.02 Å². The lowest BCUT2D eigenvalue weighted by molar-refractivity contribution is 0.0566. The number of carbonyl (C=O) groups excluding carboxylic acids is 2. The third-order valence-electron chi connectivity index (χ3n) is 3.90.